The van der Waals surface area contributed by atoms with E-state index in [2.05, 4.69) is 24.0 Å². The standard InChI is InChI=1S/C18H26N2O/c1-2-5-14-8-10-20(11-9-14)13-18-16(12-19)15-6-3-4-7-17(15)21-18/h3-4,6-7,14H,2,5,8-13,19H2,1H3. The topological polar surface area (TPSA) is 42.4 Å². The van der Waals surface area contributed by atoms with Gasteiger partial charge in [0, 0.05) is 17.5 Å². The van der Waals surface area contributed by atoms with Crippen molar-refractivity contribution >= 4 is 11.0 Å². The van der Waals surface area contributed by atoms with Gasteiger partial charge in [-0.25, -0.2) is 0 Å². The number of likely N-dealkylation sites (tertiary alicyclic amines) is 1. The summed E-state index contributed by atoms with van der Waals surface area (Å²) in [5.74, 6) is 1.99. The monoisotopic (exact) mass is 286 g/mol. The van der Waals surface area contributed by atoms with E-state index in [9.17, 15) is 0 Å². The number of furan rings is 1. The van der Waals surface area contributed by atoms with Crippen LogP contribution in [0.4, 0.5) is 0 Å². The summed E-state index contributed by atoms with van der Waals surface area (Å²) in [5, 5.41) is 1.18. The summed E-state index contributed by atoms with van der Waals surface area (Å²) in [6, 6.07) is 8.21. The number of rotatable bonds is 5. The molecule has 1 fully saturated rings. The third kappa shape index (κ3) is 3.14. The van der Waals surface area contributed by atoms with E-state index >= 15 is 0 Å². The highest BCUT2D eigenvalue weighted by atomic mass is 16.3. The van der Waals surface area contributed by atoms with Crippen LogP contribution in [0.25, 0.3) is 11.0 Å². The van der Waals surface area contributed by atoms with E-state index in [4.69, 9.17) is 10.2 Å². The fourth-order valence-electron chi connectivity index (χ4n) is 3.55. The third-order valence-corrected chi connectivity index (χ3v) is 4.76. The summed E-state index contributed by atoms with van der Waals surface area (Å²) in [6.45, 7) is 6.12. The van der Waals surface area contributed by atoms with Crippen LogP contribution in [0.3, 0.4) is 0 Å². The van der Waals surface area contributed by atoms with E-state index in [1.807, 2.05) is 12.1 Å². The third-order valence-electron chi connectivity index (χ3n) is 4.76. The van der Waals surface area contributed by atoms with Gasteiger partial charge in [-0.15, -0.1) is 0 Å². The van der Waals surface area contributed by atoms with E-state index in [-0.39, 0.29) is 0 Å². The van der Waals surface area contributed by atoms with E-state index < -0.39 is 0 Å². The lowest BCUT2D eigenvalue weighted by Gasteiger charge is -2.31. The van der Waals surface area contributed by atoms with Crippen LogP contribution in [0.2, 0.25) is 0 Å². The van der Waals surface area contributed by atoms with Gasteiger partial charge in [0.25, 0.3) is 0 Å². The Balaban J connectivity index is 1.71. The number of para-hydroxylation sites is 1. The lowest BCUT2D eigenvalue weighted by atomic mass is 9.92. The Morgan fingerprint density at radius 1 is 1.24 bits per heavy atom. The smallest absolute Gasteiger partial charge is 0.134 e. The quantitative estimate of drug-likeness (QED) is 0.906. The highest BCUT2D eigenvalue weighted by molar-refractivity contribution is 5.82. The van der Waals surface area contributed by atoms with Gasteiger partial charge in [-0.2, -0.15) is 0 Å². The summed E-state index contributed by atoms with van der Waals surface area (Å²) in [6.07, 6.45) is 5.34. The summed E-state index contributed by atoms with van der Waals surface area (Å²) in [4.78, 5) is 2.52. The SMILES string of the molecule is CCCC1CCN(Cc2oc3ccccc3c2CN)CC1. The van der Waals surface area contributed by atoms with Crippen molar-refractivity contribution in [1.82, 2.24) is 4.90 Å². The molecule has 3 heteroatoms. The zero-order valence-corrected chi connectivity index (χ0v) is 13.0. The van der Waals surface area contributed by atoms with E-state index in [0.717, 1.165) is 23.8 Å². The van der Waals surface area contributed by atoms with Crippen molar-refractivity contribution in [3.8, 4) is 0 Å². The number of nitrogens with two attached hydrogens (primary N) is 1. The average Bonchev–Trinajstić information content (AvgIpc) is 2.86. The summed E-state index contributed by atoms with van der Waals surface area (Å²) in [5.41, 5.74) is 8.10. The van der Waals surface area contributed by atoms with Gasteiger partial charge >= 0.3 is 0 Å². The van der Waals surface area contributed by atoms with Crippen LogP contribution >= 0.6 is 0 Å². The molecular weight excluding hydrogens is 260 g/mol. The van der Waals surface area contributed by atoms with Crippen LogP contribution in [0.15, 0.2) is 28.7 Å². The Bertz CT molecular complexity index is 582. The first-order chi connectivity index (χ1) is 10.3. The van der Waals surface area contributed by atoms with Gasteiger partial charge in [0.05, 0.1) is 6.54 Å². The Hall–Kier alpha value is -1.32. The number of piperidine rings is 1. The highest BCUT2D eigenvalue weighted by Gasteiger charge is 2.21. The summed E-state index contributed by atoms with van der Waals surface area (Å²) >= 11 is 0. The van der Waals surface area contributed by atoms with Crippen LogP contribution in [-0.2, 0) is 13.1 Å². The fraction of sp³-hybridized carbons (Fsp3) is 0.556. The first kappa shape index (κ1) is 14.6. The molecule has 114 valence electrons. The molecule has 1 saturated heterocycles. The Kier molecular flexibility index (Phi) is 4.61. The molecule has 0 saturated carbocycles. The van der Waals surface area contributed by atoms with Gasteiger partial charge < -0.3 is 10.2 Å². The molecule has 0 amide bonds. The van der Waals surface area contributed by atoms with Crippen molar-refractivity contribution in [3.63, 3.8) is 0 Å². The van der Waals surface area contributed by atoms with Gasteiger partial charge in [0.2, 0.25) is 0 Å². The Morgan fingerprint density at radius 2 is 2.00 bits per heavy atom. The number of nitrogens with zero attached hydrogens (tertiary/aromatic N) is 1. The lowest BCUT2D eigenvalue weighted by molar-refractivity contribution is 0.162. The van der Waals surface area contributed by atoms with Crippen molar-refractivity contribution < 1.29 is 4.42 Å². The molecule has 1 aromatic heterocycles. The van der Waals surface area contributed by atoms with Crippen LogP contribution in [0.1, 0.15) is 43.9 Å². The molecule has 2 N–H and O–H groups in total. The lowest BCUT2D eigenvalue weighted by Crippen LogP contribution is -2.33. The molecule has 1 aromatic carbocycles. The highest BCUT2D eigenvalue weighted by Crippen LogP contribution is 2.28. The van der Waals surface area contributed by atoms with Gasteiger partial charge in [-0.3, -0.25) is 4.90 Å². The zero-order valence-electron chi connectivity index (χ0n) is 13.0. The molecule has 2 aromatic rings. The minimum atomic E-state index is 0.554. The predicted molar refractivity (Wildman–Crippen MR) is 87.0 cm³/mol. The second kappa shape index (κ2) is 6.63. The number of hydrogen-bond acceptors (Lipinski definition) is 3. The van der Waals surface area contributed by atoms with E-state index in [1.54, 1.807) is 0 Å². The summed E-state index contributed by atoms with van der Waals surface area (Å²) < 4.78 is 6.05. The number of hydrogen-bond donors (Lipinski definition) is 1. The predicted octanol–water partition coefficient (Wildman–Crippen LogP) is 3.90. The maximum atomic E-state index is 6.05. The first-order valence-electron chi connectivity index (χ1n) is 8.23. The largest absolute Gasteiger partial charge is 0.459 e. The van der Waals surface area contributed by atoms with Crippen LogP contribution in [-0.4, -0.2) is 18.0 Å². The molecule has 2 heterocycles. The maximum Gasteiger partial charge on any atom is 0.134 e. The van der Waals surface area contributed by atoms with Gasteiger partial charge in [-0.1, -0.05) is 38.0 Å². The van der Waals surface area contributed by atoms with Crippen molar-refractivity contribution in [2.75, 3.05) is 13.1 Å². The fourth-order valence-corrected chi connectivity index (χ4v) is 3.55. The van der Waals surface area contributed by atoms with Crippen LogP contribution in [0, 0.1) is 5.92 Å². The molecule has 3 rings (SSSR count). The molecule has 0 atom stereocenters. The van der Waals surface area contributed by atoms with Gasteiger partial charge in [0.1, 0.15) is 11.3 Å². The van der Waals surface area contributed by atoms with Crippen molar-refractivity contribution in [3.05, 3.63) is 35.6 Å². The molecule has 0 unspecified atom stereocenters. The van der Waals surface area contributed by atoms with Crippen LogP contribution < -0.4 is 5.73 Å². The minimum absolute atomic E-state index is 0.554. The molecule has 3 nitrogen and oxygen atoms in total. The summed E-state index contributed by atoms with van der Waals surface area (Å²) in [7, 11) is 0. The molecule has 1 aliphatic rings. The van der Waals surface area contributed by atoms with Crippen molar-refractivity contribution in [2.45, 2.75) is 45.7 Å². The van der Waals surface area contributed by atoms with Crippen molar-refractivity contribution in [2.24, 2.45) is 11.7 Å². The van der Waals surface area contributed by atoms with Gasteiger partial charge in [0.15, 0.2) is 0 Å². The molecule has 0 aliphatic carbocycles. The zero-order chi connectivity index (χ0) is 14.7. The molecular formula is C18H26N2O. The minimum Gasteiger partial charge on any atom is -0.459 e. The maximum absolute atomic E-state index is 6.05. The molecule has 0 bridgehead atoms. The van der Waals surface area contributed by atoms with E-state index in [1.165, 1.54) is 49.7 Å². The first-order valence-corrected chi connectivity index (χ1v) is 8.23. The molecule has 0 radical (unpaired) electrons. The Labute approximate surface area is 127 Å². The Morgan fingerprint density at radius 3 is 2.71 bits per heavy atom. The second-order valence-electron chi connectivity index (χ2n) is 6.21. The normalized spacial score (nSPS) is 17.6. The number of fused-ring (bicyclic) bond motifs is 1. The van der Waals surface area contributed by atoms with E-state index in [0.29, 0.717) is 6.54 Å². The molecule has 1 aliphatic heterocycles. The average molecular weight is 286 g/mol. The number of benzene rings is 1. The second-order valence-corrected chi connectivity index (χ2v) is 6.21. The molecule has 0 spiro atoms. The van der Waals surface area contributed by atoms with Crippen molar-refractivity contribution in [1.29, 1.82) is 0 Å². The molecule has 21 heavy (non-hydrogen) atoms. The van der Waals surface area contributed by atoms with Crippen LogP contribution in [0.5, 0.6) is 0 Å². The van der Waals surface area contributed by atoms with Gasteiger partial charge in [-0.05, 0) is 37.9 Å².